The van der Waals surface area contributed by atoms with Gasteiger partial charge in [0.2, 0.25) is 0 Å². The fourth-order valence-corrected chi connectivity index (χ4v) is 2.02. The van der Waals surface area contributed by atoms with Crippen molar-refractivity contribution >= 4 is 11.9 Å². The van der Waals surface area contributed by atoms with E-state index in [4.69, 9.17) is 4.74 Å². The van der Waals surface area contributed by atoms with Gasteiger partial charge in [0.1, 0.15) is 11.7 Å². The number of nitrogens with zero attached hydrogens (tertiary/aromatic N) is 1. The van der Waals surface area contributed by atoms with E-state index in [2.05, 4.69) is 10.3 Å². The van der Waals surface area contributed by atoms with Gasteiger partial charge < -0.3 is 10.1 Å². The highest BCUT2D eigenvalue weighted by atomic mass is 16.5. The molecule has 0 saturated carbocycles. The van der Waals surface area contributed by atoms with E-state index < -0.39 is 17.9 Å². The van der Waals surface area contributed by atoms with Crippen LogP contribution in [0.3, 0.4) is 0 Å². The Kier molecular flexibility index (Phi) is 5.65. The summed E-state index contributed by atoms with van der Waals surface area (Å²) in [6.07, 6.45) is 1.91. The zero-order valence-corrected chi connectivity index (χ0v) is 12.4. The zero-order chi connectivity index (χ0) is 15.8. The van der Waals surface area contributed by atoms with Gasteiger partial charge in [-0.2, -0.15) is 0 Å². The van der Waals surface area contributed by atoms with E-state index in [1.807, 2.05) is 30.3 Å². The molecule has 5 nitrogen and oxygen atoms in total. The standard InChI is InChI=1S/C17H18N2O3/c1-2-22-17(21)15(12-13-8-4-3-5-9-13)19-16(20)14-10-6-7-11-18-14/h3-11,15H,2,12H2,1H3,(H,19,20). The van der Waals surface area contributed by atoms with Gasteiger partial charge in [0.25, 0.3) is 5.91 Å². The smallest absolute Gasteiger partial charge is 0.328 e. The summed E-state index contributed by atoms with van der Waals surface area (Å²) in [6.45, 7) is 2.00. The molecule has 0 bridgehead atoms. The summed E-state index contributed by atoms with van der Waals surface area (Å²) in [5.74, 6) is -0.842. The molecule has 5 heteroatoms. The Hall–Kier alpha value is -2.69. The largest absolute Gasteiger partial charge is 0.464 e. The Morgan fingerprint density at radius 1 is 1.14 bits per heavy atom. The Labute approximate surface area is 129 Å². The van der Waals surface area contributed by atoms with Crippen LogP contribution in [0.15, 0.2) is 54.7 Å². The van der Waals surface area contributed by atoms with Crippen LogP contribution in [0.4, 0.5) is 0 Å². The van der Waals surface area contributed by atoms with E-state index in [9.17, 15) is 9.59 Å². The summed E-state index contributed by atoms with van der Waals surface area (Å²) in [6, 6.07) is 13.8. The maximum atomic E-state index is 12.2. The number of pyridine rings is 1. The van der Waals surface area contributed by atoms with Crippen LogP contribution in [-0.4, -0.2) is 29.5 Å². The van der Waals surface area contributed by atoms with Crippen LogP contribution < -0.4 is 5.32 Å². The van der Waals surface area contributed by atoms with Crippen molar-refractivity contribution in [2.24, 2.45) is 0 Å². The zero-order valence-electron chi connectivity index (χ0n) is 12.4. The van der Waals surface area contributed by atoms with Crippen molar-refractivity contribution in [1.82, 2.24) is 10.3 Å². The first-order valence-corrected chi connectivity index (χ1v) is 7.13. The second-order valence-electron chi connectivity index (χ2n) is 4.68. The van der Waals surface area contributed by atoms with Crippen LogP contribution in [-0.2, 0) is 16.0 Å². The Balaban J connectivity index is 2.11. The minimum Gasteiger partial charge on any atom is -0.464 e. The van der Waals surface area contributed by atoms with Gasteiger partial charge in [-0.05, 0) is 24.6 Å². The molecule has 22 heavy (non-hydrogen) atoms. The number of rotatable bonds is 6. The fraction of sp³-hybridized carbons (Fsp3) is 0.235. The van der Waals surface area contributed by atoms with Crippen LogP contribution >= 0.6 is 0 Å². The Morgan fingerprint density at radius 3 is 2.50 bits per heavy atom. The number of carbonyl (C=O) groups is 2. The maximum Gasteiger partial charge on any atom is 0.328 e. The molecule has 1 heterocycles. The minimum atomic E-state index is -0.739. The number of aromatic nitrogens is 1. The highest BCUT2D eigenvalue weighted by Gasteiger charge is 2.23. The van der Waals surface area contributed by atoms with E-state index in [1.54, 1.807) is 25.1 Å². The molecule has 1 atom stereocenters. The molecule has 1 aromatic heterocycles. The molecule has 0 radical (unpaired) electrons. The van der Waals surface area contributed by atoms with E-state index in [1.165, 1.54) is 6.20 Å². The molecule has 0 spiro atoms. The first-order valence-electron chi connectivity index (χ1n) is 7.13. The number of hydrogen-bond donors (Lipinski definition) is 1. The lowest BCUT2D eigenvalue weighted by Gasteiger charge is -2.17. The summed E-state index contributed by atoms with van der Waals surface area (Å²) >= 11 is 0. The molecular weight excluding hydrogens is 280 g/mol. The average molecular weight is 298 g/mol. The number of carbonyl (C=O) groups excluding carboxylic acids is 2. The van der Waals surface area contributed by atoms with Crippen LogP contribution in [0, 0.1) is 0 Å². The molecule has 0 saturated heterocycles. The van der Waals surface area contributed by atoms with Gasteiger partial charge >= 0.3 is 5.97 Å². The highest BCUT2D eigenvalue weighted by Crippen LogP contribution is 2.06. The van der Waals surface area contributed by atoms with Crippen LogP contribution in [0.2, 0.25) is 0 Å². The molecular formula is C17H18N2O3. The van der Waals surface area contributed by atoms with E-state index in [-0.39, 0.29) is 12.3 Å². The van der Waals surface area contributed by atoms with Crippen molar-refractivity contribution in [2.45, 2.75) is 19.4 Å². The second kappa shape index (κ2) is 7.93. The van der Waals surface area contributed by atoms with Gasteiger partial charge in [0, 0.05) is 12.6 Å². The minimum absolute atomic E-state index is 0.267. The number of amides is 1. The SMILES string of the molecule is CCOC(=O)C(Cc1ccccc1)NC(=O)c1ccccn1. The third kappa shape index (κ3) is 4.41. The lowest BCUT2D eigenvalue weighted by Crippen LogP contribution is -2.43. The third-order valence-electron chi connectivity index (χ3n) is 3.06. The van der Waals surface area contributed by atoms with Crippen molar-refractivity contribution in [3.8, 4) is 0 Å². The van der Waals surface area contributed by atoms with Crippen molar-refractivity contribution in [3.05, 3.63) is 66.0 Å². The topological polar surface area (TPSA) is 68.3 Å². The molecule has 0 fully saturated rings. The molecule has 114 valence electrons. The molecule has 0 aliphatic carbocycles. The van der Waals surface area contributed by atoms with Crippen molar-refractivity contribution in [2.75, 3.05) is 6.61 Å². The maximum absolute atomic E-state index is 12.2. The van der Waals surface area contributed by atoms with E-state index >= 15 is 0 Å². The van der Waals surface area contributed by atoms with Gasteiger partial charge in [-0.25, -0.2) is 4.79 Å². The van der Waals surface area contributed by atoms with Crippen LogP contribution in [0.5, 0.6) is 0 Å². The molecule has 0 aliphatic rings. The van der Waals surface area contributed by atoms with Gasteiger partial charge in [-0.15, -0.1) is 0 Å². The molecule has 1 N–H and O–H groups in total. The van der Waals surface area contributed by atoms with Crippen molar-refractivity contribution < 1.29 is 14.3 Å². The average Bonchev–Trinajstić information content (AvgIpc) is 2.56. The van der Waals surface area contributed by atoms with Crippen molar-refractivity contribution in [1.29, 1.82) is 0 Å². The van der Waals surface area contributed by atoms with Gasteiger partial charge in [-0.1, -0.05) is 36.4 Å². The Bertz CT molecular complexity index is 614. The predicted molar refractivity (Wildman–Crippen MR) is 82.3 cm³/mol. The highest BCUT2D eigenvalue weighted by molar-refractivity contribution is 5.95. The van der Waals surface area contributed by atoms with Gasteiger partial charge in [0.15, 0.2) is 0 Å². The van der Waals surface area contributed by atoms with E-state index in [0.29, 0.717) is 6.42 Å². The van der Waals surface area contributed by atoms with Crippen LogP contribution in [0.1, 0.15) is 23.0 Å². The molecule has 2 aromatic rings. The first-order chi connectivity index (χ1) is 10.7. The summed E-state index contributed by atoms with van der Waals surface area (Å²) in [7, 11) is 0. The summed E-state index contributed by atoms with van der Waals surface area (Å²) in [5.41, 5.74) is 1.21. The summed E-state index contributed by atoms with van der Waals surface area (Å²) < 4.78 is 5.04. The first kappa shape index (κ1) is 15.7. The van der Waals surface area contributed by atoms with Crippen LogP contribution in [0.25, 0.3) is 0 Å². The second-order valence-corrected chi connectivity index (χ2v) is 4.68. The number of esters is 1. The van der Waals surface area contributed by atoms with E-state index in [0.717, 1.165) is 5.56 Å². The number of hydrogen-bond acceptors (Lipinski definition) is 4. The molecule has 1 unspecified atom stereocenters. The normalized spacial score (nSPS) is 11.5. The number of nitrogens with one attached hydrogen (secondary N) is 1. The molecule has 2 rings (SSSR count). The summed E-state index contributed by atoms with van der Waals surface area (Å²) in [4.78, 5) is 28.2. The fourth-order valence-electron chi connectivity index (χ4n) is 2.02. The molecule has 0 aliphatic heterocycles. The third-order valence-corrected chi connectivity index (χ3v) is 3.06. The number of ether oxygens (including phenoxy) is 1. The monoisotopic (exact) mass is 298 g/mol. The lowest BCUT2D eigenvalue weighted by atomic mass is 10.1. The predicted octanol–water partition coefficient (Wildman–Crippen LogP) is 1.99. The quantitative estimate of drug-likeness (QED) is 0.828. The Morgan fingerprint density at radius 2 is 1.86 bits per heavy atom. The summed E-state index contributed by atoms with van der Waals surface area (Å²) in [5, 5.41) is 2.69. The molecule has 1 amide bonds. The lowest BCUT2D eigenvalue weighted by molar-refractivity contribution is -0.145. The molecule has 1 aromatic carbocycles. The van der Waals surface area contributed by atoms with Gasteiger partial charge in [-0.3, -0.25) is 9.78 Å². The van der Waals surface area contributed by atoms with Crippen molar-refractivity contribution in [3.63, 3.8) is 0 Å². The number of benzene rings is 1. The van der Waals surface area contributed by atoms with Gasteiger partial charge in [0.05, 0.1) is 6.61 Å².